The normalized spacial score (nSPS) is 11.5. The lowest BCUT2D eigenvalue weighted by molar-refractivity contribution is 0.102. The van der Waals surface area contributed by atoms with Crippen molar-refractivity contribution in [2.45, 2.75) is 31.6 Å². The second kappa shape index (κ2) is 10.0. The third-order valence-corrected chi connectivity index (χ3v) is 6.64. The number of carbonyl (C=O) groups is 1. The van der Waals surface area contributed by atoms with Gasteiger partial charge in [0.15, 0.2) is 0 Å². The quantitative estimate of drug-likeness (QED) is 0.586. The van der Waals surface area contributed by atoms with E-state index in [9.17, 15) is 13.2 Å². The van der Waals surface area contributed by atoms with Gasteiger partial charge in [0.2, 0.25) is 10.0 Å². The van der Waals surface area contributed by atoms with Crippen LogP contribution in [0, 0.1) is 0 Å². The van der Waals surface area contributed by atoms with E-state index in [0.717, 1.165) is 12.8 Å². The van der Waals surface area contributed by atoms with Crippen LogP contribution in [0.5, 0.6) is 5.75 Å². The third kappa shape index (κ3) is 5.33. The van der Waals surface area contributed by atoms with Gasteiger partial charge in [0.25, 0.3) is 5.91 Å². The highest BCUT2D eigenvalue weighted by Crippen LogP contribution is 2.26. The van der Waals surface area contributed by atoms with Gasteiger partial charge < -0.3 is 10.1 Å². The molecule has 28 heavy (non-hydrogen) atoms. The largest absolute Gasteiger partial charge is 0.496 e. The molecule has 1 N–H and O–H groups in total. The number of nitrogens with one attached hydrogen (secondary N) is 1. The van der Waals surface area contributed by atoms with E-state index < -0.39 is 10.0 Å². The number of hydrogen-bond donors (Lipinski definition) is 1. The minimum Gasteiger partial charge on any atom is -0.496 e. The first kappa shape index (κ1) is 22.4. The lowest BCUT2D eigenvalue weighted by Gasteiger charge is -2.21. The SMILES string of the molecule is CCCN(CCC)S(=O)(=O)c1ccc(NC(=O)c2ccc(OC)c(Br)c2)cc1. The number of methoxy groups -OCH3 is 1. The van der Waals surface area contributed by atoms with E-state index in [-0.39, 0.29) is 10.8 Å². The fraction of sp³-hybridized carbons (Fsp3) is 0.350. The molecule has 0 spiro atoms. The predicted octanol–water partition coefficient (Wildman–Crippen LogP) is 4.52. The van der Waals surface area contributed by atoms with Crippen LogP contribution in [0.1, 0.15) is 37.0 Å². The Morgan fingerprint density at radius 2 is 1.68 bits per heavy atom. The average Bonchev–Trinajstić information content (AvgIpc) is 2.68. The van der Waals surface area contributed by atoms with Crippen LogP contribution in [0.15, 0.2) is 51.8 Å². The summed E-state index contributed by atoms with van der Waals surface area (Å²) in [5.74, 6) is 0.340. The van der Waals surface area contributed by atoms with Gasteiger partial charge >= 0.3 is 0 Å². The summed E-state index contributed by atoms with van der Waals surface area (Å²) in [7, 11) is -1.98. The fourth-order valence-electron chi connectivity index (χ4n) is 2.72. The van der Waals surface area contributed by atoms with Gasteiger partial charge in [-0.1, -0.05) is 13.8 Å². The molecule has 0 unspecified atom stereocenters. The summed E-state index contributed by atoms with van der Waals surface area (Å²) in [6, 6.07) is 11.3. The summed E-state index contributed by atoms with van der Waals surface area (Å²) in [4.78, 5) is 12.6. The maximum Gasteiger partial charge on any atom is 0.255 e. The zero-order valence-corrected chi connectivity index (χ0v) is 18.6. The van der Waals surface area contributed by atoms with E-state index in [1.807, 2.05) is 13.8 Å². The molecule has 2 rings (SSSR count). The van der Waals surface area contributed by atoms with Crippen molar-refractivity contribution in [1.82, 2.24) is 4.31 Å². The molecule has 8 heteroatoms. The molecule has 6 nitrogen and oxygen atoms in total. The van der Waals surface area contributed by atoms with Crippen LogP contribution in [0.3, 0.4) is 0 Å². The zero-order valence-electron chi connectivity index (χ0n) is 16.2. The molecule has 0 atom stereocenters. The molecule has 0 saturated carbocycles. The molecule has 152 valence electrons. The van der Waals surface area contributed by atoms with E-state index in [2.05, 4.69) is 21.2 Å². The van der Waals surface area contributed by atoms with Gasteiger partial charge in [-0.25, -0.2) is 8.42 Å². The van der Waals surface area contributed by atoms with Crippen molar-refractivity contribution in [1.29, 1.82) is 0 Å². The molecule has 1 amide bonds. The van der Waals surface area contributed by atoms with Gasteiger partial charge in [-0.3, -0.25) is 4.79 Å². The second-order valence-corrected chi connectivity index (χ2v) is 9.02. The Morgan fingerprint density at radius 1 is 1.07 bits per heavy atom. The van der Waals surface area contributed by atoms with Crippen LogP contribution in [0.2, 0.25) is 0 Å². The van der Waals surface area contributed by atoms with Gasteiger partial charge in [0.1, 0.15) is 5.75 Å². The predicted molar refractivity (Wildman–Crippen MR) is 114 cm³/mol. The summed E-state index contributed by atoms with van der Waals surface area (Å²) in [5.41, 5.74) is 0.981. The summed E-state index contributed by atoms with van der Waals surface area (Å²) < 4.78 is 32.9. The Labute approximate surface area is 175 Å². The lowest BCUT2D eigenvalue weighted by Crippen LogP contribution is -2.32. The summed E-state index contributed by atoms with van der Waals surface area (Å²) in [6.07, 6.45) is 1.51. The number of sulfonamides is 1. The van der Waals surface area contributed by atoms with Crippen molar-refractivity contribution in [3.05, 3.63) is 52.5 Å². The Morgan fingerprint density at radius 3 is 2.18 bits per heavy atom. The molecule has 0 fully saturated rings. The summed E-state index contributed by atoms with van der Waals surface area (Å²) in [6.45, 7) is 4.88. The molecule has 2 aromatic carbocycles. The fourth-order valence-corrected chi connectivity index (χ4v) is 4.89. The highest BCUT2D eigenvalue weighted by molar-refractivity contribution is 9.10. The van der Waals surface area contributed by atoms with E-state index in [4.69, 9.17) is 4.74 Å². The molecule has 0 aliphatic heterocycles. The van der Waals surface area contributed by atoms with Crippen LogP contribution in [-0.2, 0) is 10.0 Å². The van der Waals surface area contributed by atoms with E-state index >= 15 is 0 Å². The topological polar surface area (TPSA) is 75.7 Å². The van der Waals surface area contributed by atoms with Crippen molar-refractivity contribution in [3.63, 3.8) is 0 Å². The average molecular weight is 469 g/mol. The summed E-state index contributed by atoms with van der Waals surface area (Å²) in [5, 5.41) is 2.77. The Kier molecular flexibility index (Phi) is 8.03. The van der Waals surface area contributed by atoms with Crippen molar-refractivity contribution in [2.24, 2.45) is 0 Å². The van der Waals surface area contributed by atoms with Crippen LogP contribution in [0.25, 0.3) is 0 Å². The van der Waals surface area contributed by atoms with Gasteiger partial charge in [0.05, 0.1) is 16.5 Å². The van der Waals surface area contributed by atoms with Crippen LogP contribution in [-0.4, -0.2) is 38.8 Å². The molecule has 0 bridgehead atoms. The molecular formula is C20H25BrN2O4S. The van der Waals surface area contributed by atoms with Crippen molar-refractivity contribution in [3.8, 4) is 5.75 Å². The van der Waals surface area contributed by atoms with Gasteiger partial charge in [-0.2, -0.15) is 4.31 Å². The molecule has 0 radical (unpaired) electrons. The maximum absolute atomic E-state index is 12.8. The van der Waals surface area contributed by atoms with Crippen LogP contribution < -0.4 is 10.1 Å². The number of anilines is 1. The van der Waals surface area contributed by atoms with Gasteiger partial charge in [0, 0.05) is 24.3 Å². The number of rotatable bonds is 9. The molecular weight excluding hydrogens is 444 g/mol. The number of carbonyl (C=O) groups excluding carboxylic acids is 1. The first-order valence-corrected chi connectivity index (χ1v) is 11.3. The smallest absolute Gasteiger partial charge is 0.255 e. The molecule has 0 aromatic heterocycles. The van der Waals surface area contributed by atoms with E-state index in [0.29, 0.717) is 34.6 Å². The van der Waals surface area contributed by atoms with Crippen LogP contribution >= 0.6 is 15.9 Å². The first-order valence-electron chi connectivity index (χ1n) is 9.08. The number of halogens is 1. The van der Waals surface area contributed by atoms with Crippen molar-refractivity contribution in [2.75, 3.05) is 25.5 Å². The Balaban J connectivity index is 2.15. The number of hydrogen-bond acceptors (Lipinski definition) is 4. The number of nitrogens with zero attached hydrogens (tertiary/aromatic N) is 1. The standard InChI is InChI=1S/C20H25BrN2O4S/c1-4-12-23(13-5-2)28(25,26)17-9-7-16(8-10-17)22-20(24)15-6-11-19(27-3)18(21)14-15/h6-11,14H,4-5,12-13H2,1-3H3,(H,22,24). The van der Waals surface area contributed by atoms with Gasteiger partial charge in [-0.05, 0) is 71.2 Å². The minimum absolute atomic E-state index is 0.222. The Bertz CT molecular complexity index is 908. The van der Waals surface area contributed by atoms with Crippen LogP contribution in [0.4, 0.5) is 5.69 Å². The number of amides is 1. The minimum atomic E-state index is -3.54. The summed E-state index contributed by atoms with van der Waals surface area (Å²) >= 11 is 3.35. The molecule has 2 aromatic rings. The first-order chi connectivity index (χ1) is 13.3. The van der Waals surface area contributed by atoms with Crippen molar-refractivity contribution >= 4 is 37.5 Å². The lowest BCUT2D eigenvalue weighted by atomic mass is 10.2. The zero-order chi connectivity index (χ0) is 20.7. The van der Waals surface area contributed by atoms with E-state index in [1.54, 1.807) is 37.4 Å². The second-order valence-electron chi connectivity index (χ2n) is 6.23. The Hall–Kier alpha value is -1.90. The highest BCUT2D eigenvalue weighted by Gasteiger charge is 2.23. The van der Waals surface area contributed by atoms with Crippen molar-refractivity contribution < 1.29 is 17.9 Å². The molecule has 0 heterocycles. The highest BCUT2D eigenvalue weighted by atomic mass is 79.9. The maximum atomic E-state index is 12.8. The van der Waals surface area contributed by atoms with Gasteiger partial charge in [-0.15, -0.1) is 0 Å². The van der Waals surface area contributed by atoms with E-state index in [1.165, 1.54) is 16.4 Å². The molecule has 0 saturated heterocycles. The number of benzene rings is 2. The monoisotopic (exact) mass is 468 g/mol. The molecule has 0 aliphatic carbocycles. The third-order valence-electron chi connectivity index (χ3n) is 4.11. The molecule has 0 aliphatic rings. The number of ether oxygens (including phenoxy) is 1.